The summed E-state index contributed by atoms with van der Waals surface area (Å²) in [7, 11) is 1.64. The molecular weight excluding hydrogens is 455 g/mol. The standard InChI is InChI=1S/C20H34N4O2.HI/c1-4-21-19(23-15-17-9-8-13-22-18(17)25-3)24-16-20(10-6-7-11-20)12-14-26-5-2;/h8-9,13H,4-7,10-12,14-16H2,1-3H3,(H2,21,23,24);1H. The molecule has 154 valence electrons. The zero-order chi connectivity index (χ0) is 18.7. The summed E-state index contributed by atoms with van der Waals surface area (Å²) in [6.07, 6.45) is 8.01. The minimum atomic E-state index is 0. The van der Waals surface area contributed by atoms with Gasteiger partial charge in [0.15, 0.2) is 5.96 Å². The zero-order valence-electron chi connectivity index (χ0n) is 16.9. The molecule has 1 saturated carbocycles. The average molecular weight is 490 g/mol. The van der Waals surface area contributed by atoms with Crippen LogP contribution in [0.15, 0.2) is 23.3 Å². The van der Waals surface area contributed by atoms with Gasteiger partial charge >= 0.3 is 0 Å². The van der Waals surface area contributed by atoms with Crippen LogP contribution in [0.25, 0.3) is 0 Å². The number of halogens is 1. The largest absolute Gasteiger partial charge is 0.481 e. The predicted octanol–water partition coefficient (Wildman–Crippen LogP) is 3.75. The summed E-state index contributed by atoms with van der Waals surface area (Å²) in [6, 6.07) is 3.91. The van der Waals surface area contributed by atoms with Crippen LogP contribution in [0.2, 0.25) is 0 Å². The van der Waals surface area contributed by atoms with Crippen molar-refractivity contribution in [1.82, 2.24) is 15.6 Å². The molecule has 0 atom stereocenters. The van der Waals surface area contributed by atoms with E-state index in [9.17, 15) is 0 Å². The normalized spacial score (nSPS) is 15.9. The first-order valence-electron chi connectivity index (χ1n) is 9.81. The highest BCUT2D eigenvalue weighted by Crippen LogP contribution is 2.40. The first-order valence-corrected chi connectivity index (χ1v) is 9.81. The topological polar surface area (TPSA) is 67.8 Å². The summed E-state index contributed by atoms with van der Waals surface area (Å²) < 4.78 is 10.9. The van der Waals surface area contributed by atoms with Gasteiger partial charge in [-0.2, -0.15) is 0 Å². The number of ether oxygens (including phenoxy) is 2. The summed E-state index contributed by atoms with van der Waals surface area (Å²) in [5.74, 6) is 1.48. The second-order valence-electron chi connectivity index (χ2n) is 6.87. The molecule has 0 aliphatic heterocycles. The molecule has 0 aromatic carbocycles. The van der Waals surface area contributed by atoms with Crippen molar-refractivity contribution >= 4 is 29.9 Å². The Bertz CT molecular complexity index is 563. The van der Waals surface area contributed by atoms with E-state index in [2.05, 4.69) is 29.5 Å². The van der Waals surface area contributed by atoms with Crippen molar-refractivity contribution in [3.05, 3.63) is 23.9 Å². The molecular formula is C20H35IN4O2. The highest BCUT2D eigenvalue weighted by Gasteiger charge is 2.33. The van der Waals surface area contributed by atoms with E-state index < -0.39 is 0 Å². The molecule has 1 heterocycles. The first-order chi connectivity index (χ1) is 12.7. The lowest BCUT2D eigenvalue weighted by Gasteiger charge is -2.30. The lowest BCUT2D eigenvalue weighted by molar-refractivity contribution is 0.105. The number of hydrogen-bond acceptors (Lipinski definition) is 4. The fraction of sp³-hybridized carbons (Fsp3) is 0.700. The van der Waals surface area contributed by atoms with Crippen molar-refractivity contribution in [2.45, 2.75) is 52.5 Å². The minimum Gasteiger partial charge on any atom is -0.481 e. The third-order valence-corrected chi connectivity index (χ3v) is 5.07. The minimum absolute atomic E-state index is 0. The monoisotopic (exact) mass is 490 g/mol. The van der Waals surface area contributed by atoms with E-state index in [0.717, 1.165) is 44.2 Å². The number of nitrogens with zero attached hydrogens (tertiary/aromatic N) is 2. The van der Waals surface area contributed by atoms with Gasteiger partial charge in [-0.05, 0) is 44.6 Å². The molecule has 0 spiro atoms. The van der Waals surface area contributed by atoms with Crippen LogP contribution in [0, 0.1) is 5.41 Å². The number of methoxy groups -OCH3 is 1. The Morgan fingerprint density at radius 1 is 1.26 bits per heavy atom. The molecule has 0 saturated heterocycles. The Hall–Kier alpha value is -1.09. The maximum atomic E-state index is 5.61. The molecule has 1 fully saturated rings. The zero-order valence-corrected chi connectivity index (χ0v) is 19.3. The van der Waals surface area contributed by atoms with Crippen LogP contribution in [0.1, 0.15) is 51.5 Å². The number of rotatable bonds is 10. The summed E-state index contributed by atoms with van der Waals surface area (Å²) >= 11 is 0. The molecule has 0 radical (unpaired) electrons. The van der Waals surface area contributed by atoms with Gasteiger partial charge in [0.05, 0.1) is 13.7 Å². The molecule has 1 aromatic rings. The van der Waals surface area contributed by atoms with Crippen molar-refractivity contribution in [3.8, 4) is 5.88 Å². The molecule has 0 bridgehead atoms. The van der Waals surface area contributed by atoms with Crippen LogP contribution in [-0.2, 0) is 11.3 Å². The van der Waals surface area contributed by atoms with E-state index in [0.29, 0.717) is 17.8 Å². The maximum Gasteiger partial charge on any atom is 0.218 e. The van der Waals surface area contributed by atoms with Gasteiger partial charge < -0.3 is 20.1 Å². The molecule has 1 aliphatic rings. The fourth-order valence-corrected chi connectivity index (χ4v) is 3.58. The summed E-state index contributed by atoms with van der Waals surface area (Å²) in [6.45, 7) is 8.10. The summed E-state index contributed by atoms with van der Waals surface area (Å²) in [5, 5.41) is 6.91. The quantitative estimate of drug-likeness (QED) is 0.226. The molecule has 7 heteroatoms. The lowest BCUT2D eigenvalue weighted by Crippen LogP contribution is -2.43. The average Bonchev–Trinajstić information content (AvgIpc) is 3.13. The summed E-state index contributed by atoms with van der Waals surface area (Å²) in [5.41, 5.74) is 1.32. The van der Waals surface area contributed by atoms with Gasteiger partial charge in [-0.25, -0.2) is 9.98 Å². The third kappa shape index (κ3) is 7.81. The molecule has 1 aliphatic carbocycles. The van der Waals surface area contributed by atoms with Gasteiger partial charge in [0.1, 0.15) is 0 Å². The van der Waals surface area contributed by atoms with Crippen molar-refractivity contribution in [2.75, 3.05) is 33.4 Å². The van der Waals surface area contributed by atoms with Crippen LogP contribution < -0.4 is 15.4 Å². The SMILES string of the molecule is CCNC(=NCc1cccnc1OC)NCC1(CCOCC)CCCC1.I. The van der Waals surface area contributed by atoms with Gasteiger partial charge in [-0.3, -0.25) is 0 Å². The Labute approximate surface area is 180 Å². The van der Waals surface area contributed by atoms with E-state index in [1.54, 1.807) is 13.3 Å². The first kappa shape index (κ1) is 23.9. The molecule has 2 rings (SSSR count). The highest BCUT2D eigenvalue weighted by molar-refractivity contribution is 14.0. The van der Waals surface area contributed by atoms with Crippen LogP contribution in [0.3, 0.4) is 0 Å². The van der Waals surface area contributed by atoms with Gasteiger partial charge in [0.2, 0.25) is 5.88 Å². The van der Waals surface area contributed by atoms with E-state index in [1.807, 2.05) is 12.1 Å². The molecule has 1 aromatic heterocycles. The number of hydrogen-bond donors (Lipinski definition) is 2. The van der Waals surface area contributed by atoms with Crippen molar-refractivity contribution in [3.63, 3.8) is 0 Å². The second-order valence-corrected chi connectivity index (χ2v) is 6.87. The van der Waals surface area contributed by atoms with E-state index in [-0.39, 0.29) is 24.0 Å². The Balaban J connectivity index is 0.00000364. The van der Waals surface area contributed by atoms with Crippen LogP contribution in [0.5, 0.6) is 5.88 Å². The number of aliphatic imine (C=N–C) groups is 1. The highest BCUT2D eigenvalue weighted by atomic mass is 127. The fourth-order valence-electron chi connectivity index (χ4n) is 3.58. The molecule has 0 amide bonds. The number of pyridine rings is 1. The second kappa shape index (κ2) is 13.1. The number of aromatic nitrogens is 1. The van der Waals surface area contributed by atoms with E-state index >= 15 is 0 Å². The van der Waals surface area contributed by atoms with E-state index in [1.165, 1.54) is 25.7 Å². The molecule has 2 N–H and O–H groups in total. The van der Waals surface area contributed by atoms with Crippen molar-refractivity contribution in [2.24, 2.45) is 10.4 Å². The summed E-state index contributed by atoms with van der Waals surface area (Å²) in [4.78, 5) is 8.96. The molecule has 0 unspecified atom stereocenters. The van der Waals surface area contributed by atoms with Gasteiger partial charge in [0.25, 0.3) is 0 Å². The van der Waals surface area contributed by atoms with Crippen molar-refractivity contribution < 1.29 is 9.47 Å². The number of guanidine groups is 1. The Morgan fingerprint density at radius 2 is 2.04 bits per heavy atom. The Morgan fingerprint density at radius 3 is 2.70 bits per heavy atom. The van der Waals surface area contributed by atoms with Crippen LogP contribution in [0.4, 0.5) is 0 Å². The molecule has 27 heavy (non-hydrogen) atoms. The van der Waals surface area contributed by atoms with Crippen LogP contribution in [-0.4, -0.2) is 44.4 Å². The molecule has 6 nitrogen and oxygen atoms in total. The lowest BCUT2D eigenvalue weighted by atomic mass is 9.83. The van der Waals surface area contributed by atoms with Gasteiger partial charge in [-0.1, -0.05) is 18.9 Å². The Kier molecular flexibility index (Phi) is 11.7. The number of nitrogens with one attached hydrogen (secondary N) is 2. The van der Waals surface area contributed by atoms with Gasteiger partial charge in [-0.15, -0.1) is 24.0 Å². The van der Waals surface area contributed by atoms with Gasteiger partial charge in [0, 0.05) is 38.1 Å². The van der Waals surface area contributed by atoms with Crippen molar-refractivity contribution in [1.29, 1.82) is 0 Å². The van der Waals surface area contributed by atoms with Crippen LogP contribution >= 0.6 is 24.0 Å². The van der Waals surface area contributed by atoms with E-state index in [4.69, 9.17) is 14.5 Å². The smallest absolute Gasteiger partial charge is 0.218 e. The third-order valence-electron chi connectivity index (χ3n) is 5.07. The predicted molar refractivity (Wildman–Crippen MR) is 121 cm³/mol. The maximum absolute atomic E-state index is 5.61.